The molecule has 0 radical (unpaired) electrons. The first-order valence-electron chi connectivity index (χ1n) is 7.46. The molecule has 3 rings (SSSR count). The molecule has 23 heavy (non-hydrogen) atoms. The van der Waals surface area contributed by atoms with Gasteiger partial charge in [0.15, 0.2) is 11.5 Å². The quantitative estimate of drug-likeness (QED) is 0.934. The number of hydrazone groups is 1. The van der Waals surface area contributed by atoms with Gasteiger partial charge in [0, 0.05) is 22.2 Å². The number of hydrogen-bond donors (Lipinski definition) is 1. The van der Waals surface area contributed by atoms with Gasteiger partial charge in [0.05, 0.1) is 19.9 Å². The number of halogens is 1. The molecule has 0 spiro atoms. The van der Waals surface area contributed by atoms with E-state index >= 15 is 0 Å². The van der Waals surface area contributed by atoms with Gasteiger partial charge in [0.1, 0.15) is 0 Å². The SMILES string of the molecule is COc1cc2c(cc1OC)C(c1cccc(Cl)c1)=NNC(C)C2. The molecule has 0 amide bonds. The summed E-state index contributed by atoms with van der Waals surface area (Å²) in [6, 6.07) is 11.9. The summed E-state index contributed by atoms with van der Waals surface area (Å²) in [5.41, 5.74) is 7.21. The number of ether oxygens (including phenoxy) is 2. The molecule has 1 heterocycles. The molecule has 0 aromatic heterocycles. The van der Waals surface area contributed by atoms with Gasteiger partial charge >= 0.3 is 0 Å². The average molecular weight is 331 g/mol. The standard InChI is InChI=1S/C18H19ClN2O2/c1-11-7-13-9-16(22-2)17(23-3)10-15(13)18(21-20-11)12-5-4-6-14(19)8-12/h4-6,8-11,20H,7H2,1-3H3. The van der Waals surface area contributed by atoms with Crippen LogP contribution in [0, 0.1) is 0 Å². The smallest absolute Gasteiger partial charge is 0.161 e. The lowest BCUT2D eigenvalue weighted by atomic mass is 9.94. The van der Waals surface area contributed by atoms with Crippen molar-refractivity contribution in [3.63, 3.8) is 0 Å². The Balaban J connectivity index is 2.19. The Morgan fingerprint density at radius 3 is 2.57 bits per heavy atom. The third-order valence-electron chi connectivity index (χ3n) is 3.89. The van der Waals surface area contributed by atoms with Crippen LogP contribution in [0.15, 0.2) is 41.5 Å². The molecule has 1 unspecified atom stereocenters. The van der Waals surface area contributed by atoms with Gasteiger partial charge in [-0.2, -0.15) is 5.10 Å². The minimum atomic E-state index is 0.225. The third kappa shape index (κ3) is 3.13. The molecule has 1 aliphatic rings. The molecule has 2 aromatic carbocycles. The minimum Gasteiger partial charge on any atom is -0.493 e. The molecule has 0 saturated heterocycles. The van der Waals surface area contributed by atoms with E-state index in [2.05, 4.69) is 17.5 Å². The molecule has 120 valence electrons. The van der Waals surface area contributed by atoms with Gasteiger partial charge in [-0.1, -0.05) is 23.7 Å². The number of hydrogen-bond acceptors (Lipinski definition) is 4. The summed E-state index contributed by atoms with van der Waals surface area (Å²) in [5.74, 6) is 1.42. The second-order valence-corrected chi connectivity index (χ2v) is 6.01. The second-order valence-electron chi connectivity index (χ2n) is 5.57. The number of benzene rings is 2. The normalized spacial score (nSPS) is 16.7. The van der Waals surface area contributed by atoms with Crippen LogP contribution in [-0.2, 0) is 6.42 Å². The number of nitrogens with zero attached hydrogens (tertiary/aromatic N) is 1. The van der Waals surface area contributed by atoms with Crippen LogP contribution in [0.3, 0.4) is 0 Å². The molecular formula is C18H19ClN2O2. The molecular weight excluding hydrogens is 312 g/mol. The Labute approximate surface area is 141 Å². The molecule has 1 N–H and O–H groups in total. The molecule has 4 nitrogen and oxygen atoms in total. The van der Waals surface area contributed by atoms with E-state index in [1.807, 2.05) is 36.4 Å². The zero-order valence-corrected chi connectivity index (χ0v) is 14.1. The highest BCUT2D eigenvalue weighted by Crippen LogP contribution is 2.33. The van der Waals surface area contributed by atoms with Crippen LogP contribution >= 0.6 is 11.6 Å². The van der Waals surface area contributed by atoms with Crippen molar-refractivity contribution in [1.29, 1.82) is 0 Å². The fourth-order valence-corrected chi connectivity index (χ4v) is 2.97. The Morgan fingerprint density at radius 1 is 1.13 bits per heavy atom. The maximum atomic E-state index is 6.15. The molecule has 0 saturated carbocycles. The van der Waals surface area contributed by atoms with E-state index in [4.69, 9.17) is 21.1 Å². The Morgan fingerprint density at radius 2 is 1.87 bits per heavy atom. The van der Waals surface area contributed by atoms with Gasteiger partial charge in [-0.05, 0) is 43.2 Å². The highest BCUT2D eigenvalue weighted by molar-refractivity contribution is 6.31. The van der Waals surface area contributed by atoms with E-state index in [1.54, 1.807) is 14.2 Å². The van der Waals surface area contributed by atoms with E-state index in [0.29, 0.717) is 10.8 Å². The first-order chi connectivity index (χ1) is 11.1. The third-order valence-corrected chi connectivity index (χ3v) is 4.12. The van der Waals surface area contributed by atoms with Crippen LogP contribution in [0.1, 0.15) is 23.6 Å². The van der Waals surface area contributed by atoms with Crippen molar-refractivity contribution in [1.82, 2.24) is 5.43 Å². The van der Waals surface area contributed by atoms with Crippen molar-refractivity contribution < 1.29 is 9.47 Å². The van der Waals surface area contributed by atoms with Crippen molar-refractivity contribution in [3.05, 3.63) is 58.1 Å². The van der Waals surface area contributed by atoms with E-state index in [-0.39, 0.29) is 6.04 Å². The summed E-state index contributed by atoms with van der Waals surface area (Å²) in [4.78, 5) is 0. The largest absolute Gasteiger partial charge is 0.493 e. The summed E-state index contributed by atoms with van der Waals surface area (Å²) in [6.45, 7) is 2.10. The van der Waals surface area contributed by atoms with Gasteiger partial charge in [0.2, 0.25) is 0 Å². The fraction of sp³-hybridized carbons (Fsp3) is 0.278. The molecule has 0 bridgehead atoms. The number of rotatable bonds is 3. The Hall–Kier alpha value is -2.20. The predicted molar refractivity (Wildman–Crippen MR) is 92.9 cm³/mol. The predicted octanol–water partition coefficient (Wildman–Crippen LogP) is 3.64. The zero-order valence-electron chi connectivity index (χ0n) is 13.4. The van der Waals surface area contributed by atoms with Crippen LogP contribution in [0.25, 0.3) is 0 Å². The molecule has 5 heteroatoms. The van der Waals surface area contributed by atoms with Crippen LogP contribution in [0.5, 0.6) is 11.5 Å². The van der Waals surface area contributed by atoms with E-state index in [1.165, 1.54) is 5.56 Å². The van der Waals surface area contributed by atoms with Crippen molar-refractivity contribution in [2.45, 2.75) is 19.4 Å². The highest BCUT2D eigenvalue weighted by Gasteiger charge is 2.21. The second kappa shape index (κ2) is 6.50. The first kappa shape index (κ1) is 15.7. The monoisotopic (exact) mass is 330 g/mol. The lowest BCUT2D eigenvalue weighted by Gasteiger charge is -2.15. The van der Waals surface area contributed by atoms with Crippen molar-refractivity contribution >= 4 is 17.3 Å². The first-order valence-corrected chi connectivity index (χ1v) is 7.84. The van der Waals surface area contributed by atoms with Gasteiger partial charge in [0.25, 0.3) is 0 Å². The van der Waals surface area contributed by atoms with Crippen molar-refractivity contribution in [2.24, 2.45) is 5.10 Å². The van der Waals surface area contributed by atoms with E-state index in [0.717, 1.165) is 29.0 Å². The van der Waals surface area contributed by atoms with Gasteiger partial charge in [-0.3, -0.25) is 0 Å². The molecule has 0 aliphatic carbocycles. The lowest BCUT2D eigenvalue weighted by Crippen LogP contribution is -2.21. The summed E-state index contributed by atoms with van der Waals surface area (Å²) < 4.78 is 10.9. The Bertz CT molecular complexity index is 759. The molecule has 1 aliphatic heterocycles. The maximum absolute atomic E-state index is 6.15. The molecule has 2 aromatic rings. The van der Waals surface area contributed by atoms with Crippen molar-refractivity contribution in [2.75, 3.05) is 14.2 Å². The molecule has 0 fully saturated rings. The number of nitrogens with one attached hydrogen (secondary N) is 1. The molecule has 1 atom stereocenters. The summed E-state index contributed by atoms with van der Waals surface area (Å²) in [7, 11) is 3.28. The van der Waals surface area contributed by atoms with Crippen LogP contribution in [0.4, 0.5) is 0 Å². The van der Waals surface area contributed by atoms with Gasteiger partial charge < -0.3 is 14.9 Å². The zero-order chi connectivity index (χ0) is 16.4. The lowest BCUT2D eigenvalue weighted by molar-refractivity contribution is 0.354. The average Bonchev–Trinajstić information content (AvgIpc) is 2.71. The highest BCUT2D eigenvalue weighted by atomic mass is 35.5. The van der Waals surface area contributed by atoms with Crippen LogP contribution in [-0.4, -0.2) is 26.0 Å². The van der Waals surface area contributed by atoms with Gasteiger partial charge in [-0.25, -0.2) is 0 Å². The van der Waals surface area contributed by atoms with Crippen LogP contribution < -0.4 is 14.9 Å². The number of fused-ring (bicyclic) bond motifs is 1. The fourth-order valence-electron chi connectivity index (χ4n) is 2.78. The topological polar surface area (TPSA) is 42.9 Å². The minimum absolute atomic E-state index is 0.225. The Kier molecular flexibility index (Phi) is 4.44. The van der Waals surface area contributed by atoms with E-state index < -0.39 is 0 Å². The summed E-state index contributed by atoms with van der Waals surface area (Å²) in [5, 5.41) is 5.28. The number of methoxy groups -OCH3 is 2. The maximum Gasteiger partial charge on any atom is 0.161 e. The summed E-state index contributed by atoms with van der Waals surface area (Å²) in [6.07, 6.45) is 0.850. The van der Waals surface area contributed by atoms with Crippen molar-refractivity contribution in [3.8, 4) is 11.5 Å². The summed E-state index contributed by atoms with van der Waals surface area (Å²) >= 11 is 6.15. The van der Waals surface area contributed by atoms with E-state index in [9.17, 15) is 0 Å². The van der Waals surface area contributed by atoms with Gasteiger partial charge in [-0.15, -0.1) is 0 Å². The van der Waals surface area contributed by atoms with Crippen LogP contribution in [0.2, 0.25) is 5.02 Å².